The van der Waals surface area contributed by atoms with Crippen molar-refractivity contribution in [3.8, 4) is 0 Å². The lowest BCUT2D eigenvalue weighted by Crippen LogP contribution is -2.41. The summed E-state index contributed by atoms with van der Waals surface area (Å²) < 4.78 is 26.3. The van der Waals surface area contributed by atoms with Crippen molar-refractivity contribution in [2.75, 3.05) is 0 Å². The maximum atomic E-state index is 13.4. The Labute approximate surface area is 115 Å². The highest BCUT2D eigenvalue weighted by Gasteiger charge is 2.20. The molecule has 1 aromatic carbocycles. The first-order valence-electron chi connectivity index (χ1n) is 6.40. The molecular formula is C14H17F2NO3. The number of aliphatic carboxylic acids is 1. The van der Waals surface area contributed by atoms with Crippen molar-refractivity contribution >= 4 is 11.9 Å². The third kappa shape index (κ3) is 4.95. The van der Waals surface area contributed by atoms with Crippen LogP contribution in [0, 0.1) is 11.6 Å². The van der Waals surface area contributed by atoms with Gasteiger partial charge in [-0.1, -0.05) is 19.8 Å². The van der Waals surface area contributed by atoms with E-state index in [1.165, 1.54) is 0 Å². The number of carboxylic acids is 1. The fraction of sp³-hybridized carbons (Fsp3) is 0.429. The summed E-state index contributed by atoms with van der Waals surface area (Å²) in [5.74, 6) is -3.11. The zero-order chi connectivity index (χ0) is 15.1. The molecule has 0 saturated carbocycles. The molecule has 0 fully saturated rings. The monoisotopic (exact) mass is 285 g/mol. The van der Waals surface area contributed by atoms with Gasteiger partial charge in [0.2, 0.25) is 5.91 Å². The van der Waals surface area contributed by atoms with E-state index >= 15 is 0 Å². The van der Waals surface area contributed by atoms with Crippen LogP contribution in [0.4, 0.5) is 8.78 Å². The Morgan fingerprint density at radius 2 is 2.05 bits per heavy atom. The number of unbranched alkanes of at least 4 members (excludes halogenated alkanes) is 1. The minimum absolute atomic E-state index is 0.0952. The van der Waals surface area contributed by atoms with E-state index in [2.05, 4.69) is 5.32 Å². The van der Waals surface area contributed by atoms with Crippen LogP contribution in [0.2, 0.25) is 0 Å². The molecular weight excluding hydrogens is 268 g/mol. The van der Waals surface area contributed by atoms with E-state index in [9.17, 15) is 18.4 Å². The highest BCUT2D eigenvalue weighted by molar-refractivity contribution is 5.84. The molecule has 1 rings (SSSR count). The topological polar surface area (TPSA) is 66.4 Å². The fourth-order valence-electron chi connectivity index (χ4n) is 1.76. The first kappa shape index (κ1) is 16.1. The molecule has 6 heteroatoms. The molecule has 1 atom stereocenters. The number of hydrogen-bond donors (Lipinski definition) is 2. The molecule has 0 aliphatic heterocycles. The van der Waals surface area contributed by atoms with Crippen LogP contribution in [-0.4, -0.2) is 23.0 Å². The Kier molecular flexibility index (Phi) is 6.09. The summed E-state index contributed by atoms with van der Waals surface area (Å²) in [5.41, 5.74) is -0.0952. The molecule has 0 radical (unpaired) electrons. The van der Waals surface area contributed by atoms with Crippen molar-refractivity contribution < 1.29 is 23.5 Å². The smallest absolute Gasteiger partial charge is 0.326 e. The number of carbonyl (C=O) groups excluding carboxylic acids is 1. The first-order valence-corrected chi connectivity index (χ1v) is 6.40. The van der Waals surface area contributed by atoms with Gasteiger partial charge in [-0.3, -0.25) is 4.79 Å². The molecule has 0 aliphatic carbocycles. The summed E-state index contributed by atoms with van der Waals surface area (Å²) in [5, 5.41) is 11.3. The predicted molar refractivity (Wildman–Crippen MR) is 69.2 cm³/mol. The molecule has 0 aliphatic rings. The van der Waals surface area contributed by atoms with E-state index in [0.717, 1.165) is 24.6 Å². The average molecular weight is 285 g/mol. The summed E-state index contributed by atoms with van der Waals surface area (Å²) in [7, 11) is 0. The number of rotatable bonds is 7. The Bertz CT molecular complexity index is 491. The van der Waals surface area contributed by atoms with Crippen molar-refractivity contribution in [2.24, 2.45) is 0 Å². The van der Waals surface area contributed by atoms with Gasteiger partial charge in [0.05, 0.1) is 6.42 Å². The minimum atomic E-state index is -1.13. The van der Waals surface area contributed by atoms with Gasteiger partial charge in [-0.15, -0.1) is 0 Å². The van der Waals surface area contributed by atoms with Crippen LogP contribution in [0.3, 0.4) is 0 Å². The molecule has 0 saturated heterocycles. The van der Waals surface area contributed by atoms with Gasteiger partial charge in [0.1, 0.15) is 17.7 Å². The van der Waals surface area contributed by atoms with Gasteiger partial charge in [-0.2, -0.15) is 0 Å². The Morgan fingerprint density at radius 3 is 2.65 bits per heavy atom. The van der Waals surface area contributed by atoms with Crippen LogP contribution in [0.15, 0.2) is 18.2 Å². The summed E-state index contributed by atoms with van der Waals surface area (Å²) in [6.07, 6.45) is 1.38. The van der Waals surface area contributed by atoms with Gasteiger partial charge < -0.3 is 10.4 Å². The van der Waals surface area contributed by atoms with Crippen molar-refractivity contribution in [3.63, 3.8) is 0 Å². The Balaban J connectivity index is 2.65. The molecule has 0 bridgehead atoms. The quantitative estimate of drug-likeness (QED) is 0.807. The third-order valence-corrected chi connectivity index (χ3v) is 2.84. The summed E-state index contributed by atoms with van der Waals surface area (Å²) in [4.78, 5) is 22.7. The van der Waals surface area contributed by atoms with Gasteiger partial charge in [0.25, 0.3) is 0 Å². The van der Waals surface area contributed by atoms with E-state index in [0.29, 0.717) is 12.8 Å². The predicted octanol–water partition coefficient (Wildman–Crippen LogP) is 2.27. The van der Waals surface area contributed by atoms with E-state index in [-0.39, 0.29) is 12.0 Å². The highest BCUT2D eigenvalue weighted by Crippen LogP contribution is 2.10. The third-order valence-electron chi connectivity index (χ3n) is 2.84. The molecule has 1 unspecified atom stereocenters. The van der Waals surface area contributed by atoms with Crippen LogP contribution in [0.25, 0.3) is 0 Å². The van der Waals surface area contributed by atoms with Gasteiger partial charge in [0.15, 0.2) is 0 Å². The van der Waals surface area contributed by atoms with Crippen LogP contribution in [0.5, 0.6) is 0 Å². The number of carboxylic acid groups (broad SMARTS) is 1. The van der Waals surface area contributed by atoms with E-state index in [4.69, 9.17) is 5.11 Å². The second-order valence-corrected chi connectivity index (χ2v) is 4.51. The minimum Gasteiger partial charge on any atom is -0.480 e. The molecule has 1 amide bonds. The van der Waals surface area contributed by atoms with Crippen LogP contribution < -0.4 is 5.32 Å². The first-order chi connectivity index (χ1) is 9.43. The molecule has 4 nitrogen and oxygen atoms in total. The highest BCUT2D eigenvalue weighted by atomic mass is 19.1. The molecule has 110 valence electrons. The lowest BCUT2D eigenvalue weighted by atomic mass is 10.1. The number of nitrogens with one attached hydrogen (secondary N) is 1. The molecule has 20 heavy (non-hydrogen) atoms. The lowest BCUT2D eigenvalue weighted by molar-refractivity contribution is -0.142. The van der Waals surface area contributed by atoms with Crippen LogP contribution in [-0.2, 0) is 16.0 Å². The van der Waals surface area contributed by atoms with E-state index in [1.54, 1.807) is 0 Å². The number of carbonyl (C=O) groups is 2. The van der Waals surface area contributed by atoms with Gasteiger partial charge >= 0.3 is 5.97 Å². The van der Waals surface area contributed by atoms with E-state index < -0.39 is 29.6 Å². The zero-order valence-corrected chi connectivity index (χ0v) is 11.2. The fourth-order valence-corrected chi connectivity index (χ4v) is 1.76. The molecule has 1 aromatic rings. The molecule has 0 spiro atoms. The normalized spacial score (nSPS) is 11.9. The van der Waals surface area contributed by atoms with Crippen molar-refractivity contribution in [1.29, 1.82) is 0 Å². The SMILES string of the molecule is CCCCC(NC(=O)Cc1cc(F)ccc1F)C(=O)O. The number of hydrogen-bond acceptors (Lipinski definition) is 2. The summed E-state index contributed by atoms with van der Waals surface area (Å²) in [6.45, 7) is 1.91. The van der Waals surface area contributed by atoms with Gasteiger partial charge in [-0.25, -0.2) is 13.6 Å². The van der Waals surface area contributed by atoms with Crippen molar-refractivity contribution in [1.82, 2.24) is 5.32 Å². The average Bonchev–Trinajstić information content (AvgIpc) is 2.38. The maximum absolute atomic E-state index is 13.4. The zero-order valence-electron chi connectivity index (χ0n) is 11.2. The second-order valence-electron chi connectivity index (χ2n) is 4.51. The Hall–Kier alpha value is -1.98. The van der Waals surface area contributed by atoms with E-state index in [1.807, 2.05) is 6.92 Å². The van der Waals surface area contributed by atoms with Crippen LogP contribution >= 0.6 is 0 Å². The lowest BCUT2D eigenvalue weighted by Gasteiger charge is -2.14. The van der Waals surface area contributed by atoms with Crippen molar-refractivity contribution in [3.05, 3.63) is 35.4 Å². The van der Waals surface area contributed by atoms with Gasteiger partial charge in [-0.05, 0) is 24.6 Å². The number of amides is 1. The maximum Gasteiger partial charge on any atom is 0.326 e. The second kappa shape index (κ2) is 7.57. The van der Waals surface area contributed by atoms with Gasteiger partial charge in [0, 0.05) is 5.56 Å². The molecule has 2 N–H and O–H groups in total. The summed E-state index contributed by atoms with van der Waals surface area (Å²) >= 11 is 0. The van der Waals surface area contributed by atoms with Crippen molar-refractivity contribution in [2.45, 2.75) is 38.6 Å². The number of halogens is 2. The summed E-state index contributed by atoms with van der Waals surface area (Å²) in [6, 6.07) is 1.82. The molecule has 0 heterocycles. The standard InChI is InChI=1S/C14H17F2NO3/c1-2-3-4-12(14(19)20)17-13(18)8-9-7-10(15)5-6-11(9)16/h5-7,12H,2-4,8H2,1H3,(H,17,18)(H,19,20). The largest absolute Gasteiger partial charge is 0.480 e. The number of benzene rings is 1. The Morgan fingerprint density at radius 1 is 1.35 bits per heavy atom. The van der Waals surface area contributed by atoms with Crippen LogP contribution in [0.1, 0.15) is 31.7 Å². The molecule has 0 aromatic heterocycles.